The lowest BCUT2D eigenvalue weighted by Gasteiger charge is -2.71. The molecule has 0 spiro atoms. The summed E-state index contributed by atoms with van der Waals surface area (Å²) in [7, 11) is 2.08. The van der Waals surface area contributed by atoms with Gasteiger partial charge in [-0.2, -0.15) is 5.10 Å². The van der Waals surface area contributed by atoms with Gasteiger partial charge < -0.3 is 25.2 Å². The number of ether oxygens (including phenoxy) is 2. The highest BCUT2D eigenvalue weighted by Crippen LogP contribution is 2.75. The molecule has 290 valence electrons. The number of carboxylic acids is 1. The maximum Gasteiger partial charge on any atom is 0.307 e. The number of carboxylic acid groups (broad SMARTS) is 1. The first-order chi connectivity index (χ1) is 24.3. The van der Waals surface area contributed by atoms with E-state index in [1.54, 1.807) is 6.33 Å². The van der Waals surface area contributed by atoms with Crippen molar-refractivity contribution >= 4 is 11.8 Å². The fourth-order valence-corrected chi connectivity index (χ4v) is 13.0. The van der Waals surface area contributed by atoms with E-state index in [4.69, 9.17) is 30.3 Å². The fourth-order valence-electron chi connectivity index (χ4n) is 13.0. The second-order valence-corrected chi connectivity index (χ2v) is 20.2. The Morgan fingerprint density at radius 2 is 1.85 bits per heavy atom. The molecule has 1 saturated heterocycles. The minimum Gasteiger partial charge on any atom is -0.481 e. The van der Waals surface area contributed by atoms with Crippen molar-refractivity contribution in [1.82, 2.24) is 19.7 Å². The zero-order chi connectivity index (χ0) is 37.8. The molecule has 3 N–H and O–H groups in total. The van der Waals surface area contributed by atoms with Gasteiger partial charge in [-0.15, -0.1) is 0 Å². The van der Waals surface area contributed by atoms with Crippen molar-refractivity contribution in [1.29, 1.82) is 0 Å². The molecule has 0 unspecified atom stereocenters. The van der Waals surface area contributed by atoms with Crippen LogP contribution >= 0.6 is 0 Å². The number of nitrogens with zero attached hydrogens (tertiary/aromatic N) is 5. The van der Waals surface area contributed by atoms with Gasteiger partial charge in [-0.05, 0) is 96.7 Å². The SMILES string of the molecule is CC(C)[C@@H](C)[C@@]1(C)CC[C@]2(C)[C@H]3CC[C@@H]4[C@@]5(C)COC[C@@]4(C3=CC[C@@]2(C)[C@@H]1C(=O)O)[C@@H](OC[C@](C)(N)C(C)C)[C@H](n1ncnc1C1=NCCN1C)C5. The predicted octanol–water partition coefficient (Wildman–Crippen LogP) is 6.86. The van der Waals surface area contributed by atoms with Gasteiger partial charge in [0.25, 0.3) is 0 Å². The Morgan fingerprint density at radius 3 is 2.48 bits per heavy atom. The van der Waals surface area contributed by atoms with Gasteiger partial charge in [-0.3, -0.25) is 9.79 Å². The monoisotopic (exact) mass is 721 g/mol. The van der Waals surface area contributed by atoms with Gasteiger partial charge >= 0.3 is 5.97 Å². The largest absolute Gasteiger partial charge is 0.481 e. The predicted molar refractivity (Wildman–Crippen MR) is 204 cm³/mol. The number of fused-ring (bicyclic) bond motifs is 3. The molecule has 4 aliphatic carbocycles. The molecule has 52 heavy (non-hydrogen) atoms. The number of rotatable bonds is 9. The van der Waals surface area contributed by atoms with Crippen molar-refractivity contribution in [2.24, 2.45) is 73.3 Å². The topological polar surface area (TPSA) is 128 Å². The second-order valence-electron chi connectivity index (χ2n) is 20.2. The molecule has 12 atom stereocenters. The molecule has 3 heterocycles. The van der Waals surface area contributed by atoms with E-state index in [2.05, 4.69) is 91.9 Å². The Kier molecular flexibility index (Phi) is 9.22. The number of allylic oxidation sites excluding steroid dienone is 1. The number of carbonyl (C=O) groups is 1. The standard InChI is InChI=1S/C42H68N6O4/c1-25(2)27(5)38(7)16-17-39(8)28-12-13-31-37(6)20-30(48-35(45-24-46-48)34-44-18-19-47(34)11)33(52-22-41(10,43)26(3)4)42(31,23-51-21-37)29(28)14-15-40(39,9)32(38)36(49)50/h14,24-28,30-33H,12-13,15-23,43H2,1-11H3,(H,49,50)/t27-,28+,30-,31-,32-,33+,37-,38-,39-,40+,41+,42+/m1/s1. The van der Waals surface area contributed by atoms with Gasteiger partial charge in [0, 0.05) is 24.5 Å². The zero-order valence-electron chi connectivity index (χ0n) is 34.0. The molecule has 4 fully saturated rings. The van der Waals surface area contributed by atoms with E-state index in [1.165, 1.54) is 5.57 Å². The highest BCUT2D eigenvalue weighted by atomic mass is 16.5. The number of aliphatic imine (C=N–C) groups is 1. The Hall–Kier alpha value is -2.30. The van der Waals surface area contributed by atoms with Crippen molar-refractivity contribution in [3.8, 4) is 0 Å². The third-order valence-corrected chi connectivity index (χ3v) is 17.1. The lowest BCUT2D eigenvalue weighted by molar-refractivity contribution is -0.254. The lowest BCUT2D eigenvalue weighted by Crippen LogP contribution is -2.70. The highest BCUT2D eigenvalue weighted by Gasteiger charge is 2.73. The van der Waals surface area contributed by atoms with Crippen molar-refractivity contribution < 1.29 is 19.4 Å². The summed E-state index contributed by atoms with van der Waals surface area (Å²) < 4.78 is 16.3. The average Bonchev–Trinajstić information content (AvgIpc) is 3.72. The number of hydrogen-bond acceptors (Lipinski definition) is 8. The molecule has 0 amide bonds. The molecule has 3 saturated carbocycles. The van der Waals surface area contributed by atoms with Gasteiger partial charge in [-0.25, -0.2) is 9.67 Å². The smallest absolute Gasteiger partial charge is 0.307 e. The summed E-state index contributed by atoms with van der Waals surface area (Å²) in [5.41, 5.74) is 6.54. The molecule has 1 aromatic heterocycles. The molecule has 10 nitrogen and oxygen atoms in total. The quantitative estimate of drug-likeness (QED) is 0.265. The summed E-state index contributed by atoms with van der Waals surface area (Å²) in [6, 6.07) is -0.101. The van der Waals surface area contributed by atoms with Crippen molar-refractivity contribution in [2.45, 2.75) is 125 Å². The summed E-state index contributed by atoms with van der Waals surface area (Å²) in [5.74, 6) is 2.14. The molecule has 10 heteroatoms. The van der Waals surface area contributed by atoms with Gasteiger partial charge in [-0.1, -0.05) is 74.0 Å². The van der Waals surface area contributed by atoms with E-state index in [1.807, 2.05) is 0 Å². The maximum absolute atomic E-state index is 13.6. The van der Waals surface area contributed by atoms with Gasteiger partial charge in [0.1, 0.15) is 6.33 Å². The van der Waals surface area contributed by atoms with Gasteiger partial charge in [0.05, 0.1) is 44.4 Å². The Balaban J connectivity index is 1.39. The molecule has 0 aromatic carbocycles. The normalized spacial score (nSPS) is 43.3. The molecule has 6 aliphatic rings. The summed E-state index contributed by atoms with van der Waals surface area (Å²) in [5, 5.41) is 16.2. The maximum atomic E-state index is 13.6. The third-order valence-electron chi connectivity index (χ3n) is 17.1. The van der Waals surface area contributed by atoms with Crippen LogP contribution in [0.3, 0.4) is 0 Å². The average molecular weight is 721 g/mol. The van der Waals surface area contributed by atoms with Crippen LogP contribution in [-0.2, 0) is 14.3 Å². The molecular formula is C42H68N6O4. The van der Waals surface area contributed by atoms with Gasteiger partial charge in [0.2, 0.25) is 0 Å². The lowest BCUT2D eigenvalue weighted by atomic mass is 9.34. The van der Waals surface area contributed by atoms with Crippen LogP contribution in [0.2, 0.25) is 0 Å². The van der Waals surface area contributed by atoms with Crippen molar-refractivity contribution in [3.63, 3.8) is 0 Å². The van der Waals surface area contributed by atoms with E-state index in [0.717, 1.165) is 63.3 Å². The Bertz CT molecular complexity index is 1620. The number of likely N-dealkylation sites (N-methyl/N-ethyl adjacent to an activating group) is 1. The molecule has 7 rings (SSSR count). The van der Waals surface area contributed by atoms with E-state index in [9.17, 15) is 9.90 Å². The number of hydrogen-bond donors (Lipinski definition) is 2. The third kappa shape index (κ3) is 5.18. The highest BCUT2D eigenvalue weighted by molar-refractivity contribution is 5.96. The molecule has 2 aliphatic heterocycles. The molecule has 0 radical (unpaired) electrons. The van der Waals surface area contributed by atoms with Crippen molar-refractivity contribution in [2.75, 3.05) is 40.0 Å². The minimum atomic E-state index is -0.630. The Labute approximate surface area is 312 Å². The van der Waals surface area contributed by atoms with E-state index in [-0.39, 0.29) is 40.2 Å². The first-order valence-corrected chi connectivity index (χ1v) is 20.4. The molecular weight excluding hydrogens is 652 g/mol. The summed E-state index contributed by atoms with van der Waals surface area (Å²) >= 11 is 0. The second kappa shape index (κ2) is 12.6. The summed E-state index contributed by atoms with van der Waals surface area (Å²) in [6.45, 7) is 26.1. The van der Waals surface area contributed by atoms with Crippen LogP contribution in [0, 0.1) is 62.6 Å². The van der Waals surface area contributed by atoms with E-state index < -0.39 is 28.3 Å². The van der Waals surface area contributed by atoms with Crippen LogP contribution in [0.4, 0.5) is 0 Å². The first-order valence-electron chi connectivity index (χ1n) is 20.4. The number of aliphatic carboxylic acids is 1. The minimum absolute atomic E-state index is 0.101. The number of amidine groups is 1. The molecule has 1 aromatic rings. The number of nitrogens with two attached hydrogens (primary N) is 1. The van der Waals surface area contributed by atoms with Crippen LogP contribution in [0.1, 0.15) is 120 Å². The van der Waals surface area contributed by atoms with E-state index in [0.29, 0.717) is 37.6 Å². The fraction of sp³-hybridized carbons (Fsp3) is 0.857. The van der Waals surface area contributed by atoms with Crippen LogP contribution in [0.15, 0.2) is 23.0 Å². The molecule has 2 bridgehead atoms. The van der Waals surface area contributed by atoms with Crippen LogP contribution in [-0.4, -0.2) is 88.2 Å². The van der Waals surface area contributed by atoms with Crippen LogP contribution < -0.4 is 5.73 Å². The summed E-state index contributed by atoms with van der Waals surface area (Å²) in [6.07, 6.45) is 9.61. The van der Waals surface area contributed by atoms with Crippen LogP contribution in [0.5, 0.6) is 0 Å². The first kappa shape index (κ1) is 38.0. The van der Waals surface area contributed by atoms with Gasteiger partial charge in [0.15, 0.2) is 11.7 Å². The van der Waals surface area contributed by atoms with E-state index >= 15 is 0 Å². The summed E-state index contributed by atoms with van der Waals surface area (Å²) in [4.78, 5) is 25.5. The number of aromatic nitrogens is 3. The Morgan fingerprint density at radius 1 is 1.12 bits per heavy atom. The van der Waals surface area contributed by atoms with Crippen LogP contribution in [0.25, 0.3) is 0 Å². The van der Waals surface area contributed by atoms with Crippen molar-refractivity contribution in [3.05, 3.63) is 23.8 Å². The zero-order valence-corrected chi connectivity index (χ0v) is 34.0.